The molecule has 0 spiro atoms. The van der Waals surface area contributed by atoms with Gasteiger partial charge in [-0.15, -0.1) is 0 Å². The van der Waals surface area contributed by atoms with Crippen LogP contribution in [0.15, 0.2) is 121 Å². The molecule has 6 aromatic rings. The van der Waals surface area contributed by atoms with Gasteiger partial charge in [-0.25, -0.2) is 0 Å². The quantitative estimate of drug-likeness (QED) is 0.180. The number of fused-ring (bicyclic) bond motifs is 2. The van der Waals surface area contributed by atoms with Crippen LogP contribution in [0.2, 0.25) is 0 Å². The summed E-state index contributed by atoms with van der Waals surface area (Å²) in [5, 5.41) is 4.91. The van der Waals surface area contributed by atoms with Crippen molar-refractivity contribution in [2.75, 3.05) is 0 Å². The third-order valence-corrected chi connectivity index (χ3v) is 8.83. The topological polar surface area (TPSA) is 18.5 Å². The first-order chi connectivity index (χ1) is 20.8. The van der Waals surface area contributed by atoms with Crippen LogP contribution in [0.3, 0.4) is 0 Å². The highest BCUT2D eigenvalue weighted by atomic mass is 16.5. The van der Waals surface area contributed by atoms with Gasteiger partial charge in [-0.1, -0.05) is 109 Å². The van der Waals surface area contributed by atoms with E-state index in [1.165, 1.54) is 58.4 Å². The lowest BCUT2D eigenvalue weighted by atomic mass is 9.90. The highest BCUT2D eigenvalue weighted by molar-refractivity contribution is 6.10. The lowest BCUT2D eigenvalue weighted by Gasteiger charge is -2.20. The molecule has 0 amide bonds. The van der Waals surface area contributed by atoms with Gasteiger partial charge in [0.05, 0.1) is 0 Å². The molecule has 0 unspecified atom stereocenters. The first kappa shape index (κ1) is 25.2. The molecule has 2 saturated carbocycles. The predicted octanol–water partition coefficient (Wildman–Crippen LogP) is 10.6. The zero-order valence-corrected chi connectivity index (χ0v) is 23.8. The van der Waals surface area contributed by atoms with Crippen LogP contribution in [0.4, 0.5) is 0 Å². The van der Waals surface area contributed by atoms with Crippen LogP contribution in [0.25, 0.3) is 32.7 Å². The fraction of sp³-hybridized carbons (Fsp3) is 0.200. The van der Waals surface area contributed by atoms with E-state index in [2.05, 4.69) is 109 Å². The molecule has 2 aliphatic rings. The minimum Gasteiger partial charge on any atom is -0.488 e. The van der Waals surface area contributed by atoms with E-state index in [4.69, 9.17) is 9.47 Å². The molecule has 0 radical (unpaired) electrons. The molecule has 0 aromatic heterocycles. The number of rotatable bonds is 9. The van der Waals surface area contributed by atoms with E-state index in [0.29, 0.717) is 25.0 Å². The zero-order valence-electron chi connectivity index (χ0n) is 23.8. The molecular formula is C40H34O2. The van der Waals surface area contributed by atoms with Gasteiger partial charge in [0, 0.05) is 11.1 Å². The molecule has 42 heavy (non-hydrogen) atoms. The fourth-order valence-corrected chi connectivity index (χ4v) is 6.22. The average Bonchev–Trinajstić information content (AvgIpc) is 3.97. The van der Waals surface area contributed by atoms with E-state index >= 15 is 0 Å². The normalized spacial score (nSPS) is 14.8. The molecule has 0 aliphatic heterocycles. The summed E-state index contributed by atoms with van der Waals surface area (Å²) in [4.78, 5) is 0. The molecule has 0 bridgehead atoms. The molecule has 2 fully saturated rings. The minimum atomic E-state index is 0.510. The largest absolute Gasteiger partial charge is 0.488 e. The first-order valence-electron chi connectivity index (χ1n) is 15.3. The minimum absolute atomic E-state index is 0.510. The highest BCUT2D eigenvalue weighted by Crippen LogP contribution is 2.49. The molecule has 8 rings (SSSR count). The zero-order chi connectivity index (χ0) is 27.9. The van der Waals surface area contributed by atoms with Crippen LogP contribution in [-0.4, -0.2) is 0 Å². The third kappa shape index (κ3) is 5.03. The first-order valence-corrected chi connectivity index (χ1v) is 15.3. The van der Waals surface area contributed by atoms with Crippen LogP contribution in [0, 0.1) is 0 Å². The fourth-order valence-electron chi connectivity index (χ4n) is 6.22. The summed E-state index contributed by atoms with van der Waals surface area (Å²) in [5.74, 6) is 3.17. The van der Waals surface area contributed by atoms with Crippen molar-refractivity contribution in [1.29, 1.82) is 0 Å². The second-order valence-electron chi connectivity index (χ2n) is 11.9. The summed E-state index contributed by atoms with van der Waals surface area (Å²) in [6, 6.07) is 43.7. The Hall–Kier alpha value is -4.56. The predicted molar refractivity (Wildman–Crippen MR) is 172 cm³/mol. The Bertz CT molecular complexity index is 1740. The summed E-state index contributed by atoms with van der Waals surface area (Å²) < 4.78 is 13.3. The van der Waals surface area contributed by atoms with E-state index in [-0.39, 0.29) is 0 Å². The van der Waals surface area contributed by atoms with Crippen LogP contribution < -0.4 is 9.47 Å². The van der Waals surface area contributed by atoms with Gasteiger partial charge in [0.1, 0.15) is 24.7 Å². The summed E-state index contributed by atoms with van der Waals surface area (Å²) in [6.07, 6.45) is 5.17. The maximum absolute atomic E-state index is 6.66. The number of ether oxygens (including phenoxy) is 2. The van der Waals surface area contributed by atoms with E-state index < -0.39 is 0 Å². The Labute approximate surface area is 247 Å². The molecular weight excluding hydrogens is 512 g/mol. The Kier molecular flexibility index (Phi) is 6.41. The summed E-state index contributed by atoms with van der Waals surface area (Å²) in [6.45, 7) is 1.02. The van der Waals surface area contributed by atoms with E-state index in [9.17, 15) is 0 Å². The van der Waals surface area contributed by atoms with Gasteiger partial charge in [-0.05, 0) is 93.5 Å². The van der Waals surface area contributed by atoms with Gasteiger partial charge in [0.25, 0.3) is 0 Å². The number of hydrogen-bond acceptors (Lipinski definition) is 2. The van der Waals surface area contributed by atoms with Crippen molar-refractivity contribution in [2.45, 2.75) is 50.7 Å². The molecule has 206 valence electrons. The molecule has 0 N–H and O–H groups in total. The lowest BCUT2D eigenvalue weighted by Crippen LogP contribution is -2.01. The van der Waals surface area contributed by atoms with Gasteiger partial charge < -0.3 is 9.47 Å². The van der Waals surface area contributed by atoms with Crippen molar-refractivity contribution in [3.05, 3.63) is 144 Å². The van der Waals surface area contributed by atoms with Crippen LogP contribution in [0.5, 0.6) is 11.5 Å². The average molecular weight is 547 g/mol. The molecule has 2 aliphatic carbocycles. The second-order valence-corrected chi connectivity index (χ2v) is 11.9. The van der Waals surface area contributed by atoms with Crippen LogP contribution in [-0.2, 0) is 13.2 Å². The van der Waals surface area contributed by atoms with Crippen molar-refractivity contribution in [2.24, 2.45) is 0 Å². The second kappa shape index (κ2) is 10.7. The van der Waals surface area contributed by atoms with Crippen molar-refractivity contribution in [3.63, 3.8) is 0 Å². The monoisotopic (exact) mass is 546 g/mol. The van der Waals surface area contributed by atoms with Crippen molar-refractivity contribution < 1.29 is 9.47 Å². The standard InChI is InChI=1S/C40H34O2/c1-3-7-27(8-4-1)25-41-37-21-17-33-23-31(29-11-12-29)15-19-35(33)39(37)40-36-20-16-32(30-13-14-30)24-34(36)18-22-38(40)42-26-28-9-5-2-6-10-28/h1-10,15-24,29-30H,11-14,25-26H2. The molecule has 2 heteroatoms. The van der Waals surface area contributed by atoms with Crippen molar-refractivity contribution in [1.82, 2.24) is 0 Å². The lowest BCUT2D eigenvalue weighted by molar-refractivity contribution is 0.303. The maximum Gasteiger partial charge on any atom is 0.128 e. The van der Waals surface area contributed by atoms with Gasteiger partial charge in [0.2, 0.25) is 0 Å². The van der Waals surface area contributed by atoms with Gasteiger partial charge >= 0.3 is 0 Å². The summed E-state index contributed by atoms with van der Waals surface area (Å²) in [7, 11) is 0. The molecule has 0 atom stereocenters. The number of hydrogen-bond donors (Lipinski definition) is 0. The molecule has 2 nitrogen and oxygen atoms in total. The van der Waals surface area contributed by atoms with Crippen LogP contribution in [0.1, 0.15) is 59.8 Å². The molecule has 6 aromatic carbocycles. The summed E-state index contributed by atoms with van der Waals surface area (Å²) >= 11 is 0. The number of benzene rings is 6. The van der Waals surface area contributed by atoms with E-state index in [0.717, 1.165) is 33.8 Å². The smallest absolute Gasteiger partial charge is 0.128 e. The Morgan fingerprint density at radius 1 is 0.452 bits per heavy atom. The highest BCUT2D eigenvalue weighted by Gasteiger charge is 2.26. The maximum atomic E-state index is 6.66. The SMILES string of the molecule is c1ccc(COc2ccc3cc(C4CC4)ccc3c2-c2c(OCc3ccccc3)ccc3cc(C4CC4)ccc23)cc1. The van der Waals surface area contributed by atoms with Gasteiger partial charge in [-0.3, -0.25) is 0 Å². The third-order valence-electron chi connectivity index (χ3n) is 8.83. The van der Waals surface area contributed by atoms with E-state index in [1.807, 2.05) is 12.1 Å². The Morgan fingerprint density at radius 2 is 0.881 bits per heavy atom. The van der Waals surface area contributed by atoms with Crippen molar-refractivity contribution in [3.8, 4) is 22.6 Å². The van der Waals surface area contributed by atoms with Crippen molar-refractivity contribution >= 4 is 21.5 Å². The van der Waals surface area contributed by atoms with Gasteiger partial charge in [0.15, 0.2) is 0 Å². The Morgan fingerprint density at radius 3 is 1.29 bits per heavy atom. The van der Waals surface area contributed by atoms with Crippen LogP contribution >= 0.6 is 0 Å². The molecule has 0 saturated heterocycles. The Balaban J connectivity index is 1.32. The van der Waals surface area contributed by atoms with Gasteiger partial charge in [-0.2, -0.15) is 0 Å². The molecule has 0 heterocycles. The summed E-state index contributed by atoms with van der Waals surface area (Å²) in [5.41, 5.74) is 7.41. The van der Waals surface area contributed by atoms with E-state index in [1.54, 1.807) is 0 Å².